The molecular weight excluding hydrogens is 550 g/mol. The molecule has 0 aromatic heterocycles. The van der Waals surface area contributed by atoms with Crippen LogP contribution in [0, 0.1) is 0 Å². The van der Waals surface area contributed by atoms with Gasteiger partial charge in [-0.05, 0) is 45.4 Å². The van der Waals surface area contributed by atoms with E-state index in [-0.39, 0.29) is 18.1 Å². The molecule has 2 unspecified atom stereocenters. The number of aliphatic hydroxyl groups is 2. The Kier molecular flexibility index (Phi) is 9.78. The third kappa shape index (κ3) is 6.89. The number of carbonyl (C=O) groups excluding carboxylic acids is 2. The first kappa shape index (κ1) is 31.7. The van der Waals surface area contributed by atoms with Crippen LogP contribution in [0.5, 0.6) is 5.75 Å². The van der Waals surface area contributed by atoms with Crippen LogP contribution in [0.2, 0.25) is 0 Å². The Bertz CT molecular complexity index is 1180. The summed E-state index contributed by atoms with van der Waals surface area (Å²) in [6.45, 7) is 7.53. The summed E-state index contributed by atoms with van der Waals surface area (Å²) in [6, 6.07) is 5.03. The van der Waals surface area contributed by atoms with Gasteiger partial charge in [0.1, 0.15) is 36.0 Å². The average Bonchev–Trinajstić information content (AvgIpc) is 3.08. The highest BCUT2D eigenvalue weighted by atomic mass is 31.2. The number of rotatable bonds is 12. The van der Waals surface area contributed by atoms with E-state index in [1.54, 1.807) is 26.0 Å². The summed E-state index contributed by atoms with van der Waals surface area (Å²) >= 11 is 0. The van der Waals surface area contributed by atoms with Crippen LogP contribution in [-0.2, 0) is 34.7 Å². The molecule has 3 rings (SSSR count). The van der Waals surface area contributed by atoms with Crippen molar-refractivity contribution in [2.24, 2.45) is 5.73 Å². The molecule has 1 aromatic rings. The number of nitrogens with zero attached hydrogens (tertiary/aromatic N) is 1. The van der Waals surface area contributed by atoms with Crippen molar-refractivity contribution in [3.05, 3.63) is 54.5 Å². The molecule has 1 amide bonds. The fourth-order valence-electron chi connectivity index (χ4n) is 4.11. The van der Waals surface area contributed by atoms with Gasteiger partial charge in [0.05, 0.1) is 12.7 Å². The zero-order chi connectivity index (χ0) is 29.9. The summed E-state index contributed by atoms with van der Waals surface area (Å²) < 4.78 is 50.6. The van der Waals surface area contributed by atoms with Gasteiger partial charge in [0.25, 0.3) is 5.91 Å². The maximum atomic E-state index is 14.6. The van der Waals surface area contributed by atoms with Crippen molar-refractivity contribution in [1.29, 1.82) is 0 Å². The van der Waals surface area contributed by atoms with Gasteiger partial charge in [0, 0.05) is 18.8 Å². The molecule has 1 fully saturated rings. The number of alkyl halides is 1. The minimum Gasteiger partial charge on any atom is -0.462 e. The van der Waals surface area contributed by atoms with Crippen LogP contribution in [0.4, 0.5) is 4.39 Å². The minimum absolute atomic E-state index is 0.00893. The third-order valence-electron chi connectivity index (χ3n) is 6.26. The summed E-state index contributed by atoms with van der Waals surface area (Å²) in [5, 5.41) is 27.0. The number of nitrogens with one attached hydrogen (secondary N) is 2. The smallest absolute Gasteiger partial charge is 0.459 e. The first-order valence-electron chi connectivity index (χ1n) is 12.5. The molecule has 2 heterocycles. The molecule has 1 aromatic carbocycles. The van der Waals surface area contributed by atoms with E-state index in [9.17, 15) is 28.8 Å². The number of halogens is 1. The predicted octanol–water partition coefficient (Wildman–Crippen LogP) is 1.17. The van der Waals surface area contributed by atoms with Crippen LogP contribution in [-0.4, -0.2) is 76.0 Å². The molecule has 15 heteroatoms. The molecule has 222 valence electrons. The molecule has 2 aliphatic rings. The number of benzene rings is 1. The number of hydrogen-bond acceptors (Lipinski definition) is 11. The van der Waals surface area contributed by atoms with E-state index >= 15 is 0 Å². The summed E-state index contributed by atoms with van der Waals surface area (Å²) in [7, 11) is -4.49. The Hall–Kier alpha value is -2.84. The molecule has 0 radical (unpaired) electrons. The summed E-state index contributed by atoms with van der Waals surface area (Å²) in [4.78, 5) is 25.3. The van der Waals surface area contributed by atoms with Gasteiger partial charge in [0.2, 0.25) is 0 Å². The van der Waals surface area contributed by atoms with Crippen molar-refractivity contribution in [1.82, 2.24) is 15.3 Å². The van der Waals surface area contributed by atoms with Crippen molar-refractivity contribution >= 4 is 19.6 Å². The molecule has 40 heavy (non-hydrogen) atoms. The van der Waals surface area contributed by atoms with Crippen LogP contribution < -0.4 is 20.7 Å². The number of hydrogen-bond donors (Lipinski definition) is 5. The fourth-order valence-corrected chi connectivity index (χ4v) is 5.66. The largest absolute Gasteiger partial charge is 0.462 e. The van der Waals surface area contributed by atoms with Crippen molar-refractivity contribution in [2.75, 3.05) is 13.3 Å². The minimum atomic E-state index is -4.49. The van der Waals surface area contributed by atoms with Gasteiger partial charge in [-0.25, -0.2) is 8.96 Å². The molecule has 6 atom stereocenters. The van der Waals surface area contributed by atoms with E-state index in [2.05, 4.69) is 17.0 Å². The Balaban J connectivity index is 1.88. The lowest BCUT2D eigenvalue weighted by atomic mass is 9.88. The second-order valence-electron chi connectivity index (χ2n) is 10.0. The standard InChI is InChI=1S/C25H36FN4O9P/c1-15(2)37-21(32)16(3)29-40(35,39-19-8-6-18(12-27)7-9-19)36-14-25(13-26)22(33)24(5,34)23(38-25)30-11-10-20(31)28-17(30)4/h6-11,15-16,22-23,33-34H,4,12-14,27H2,1-3,5H3,(H,28,31)(H,29,35)/t16?,22-,23+,24+,25+,40?/m0/s1. The number of amides is 1. The van der Waals surface area contributed by atoms with Crippen molar-refractivity contribution in [2.45, 2.75) is 69.9 Å². The van der Waals surface area contributed by atoms with Crippen molar-refractivity contribution in [3.63, 3.8) is 0 Å². The van der Waals surface area contributed by atoms with E-state index in [1.807, 2.05) is 0 Å². The zero-order valence-corrected chi connectivity index (χ0v) is 23.6. The molecule has 0 spiro atoms. The predicted molar refractivity (Wildman–Crippen MR) is 141 cm³/mol. The van der Waals surface area contributed by atoms with Gasteiger partial charge in [-0.2, -0.15) is 5.09 Å². The molecular formula is C25H36FN4O9P. The van der Waals surface area contributed by atoms with Gasteiger partial charge in [-0.3, -0.25) is 14.1 Å². The maximum absolute atomic E-state index is 14.6. The summed E-state index contributed by atoms with van der Waals surface area (Å²) in [5.41, 5.74) is 2.03. The highest BCUT2D eigenvalue weighted by Gasteiger charge is 2.63. The fraction of sp³-hybridized carbons (Fsp3) is 0.520. The molecule has 0 saturated carbocycles. The second kappa shape index (κ2) is 12.4. The van der Waals surface area contributed by atoms with E-state index < -0.39 is 68.6 Å². The molecule has 13 nitrogen and oxygen atoms in total. The number of esters is 1. The van der Waals surface area contributed by atoms with Gasteiger partial charge in [-0.1, -0.05) is 18.7 Å². The van der Waals surface area contributed by atoms with Crippen LogP contribution in [0.1, 0.15) is 33.3 Å². The summed E-state index contributed by atoms with van der Waals surface area (Å²) in [6.07, 6.45) is -1.41. The number of aliphatic hydroxyl groups excluding tert-OH is 1. The topological polar surface area (TPSA) is 182 Å². The number of nitrogens with two attached hydrogens (primary N) is 1. The monoisotopic (exact) mass is 586 g/mol. The Labute approximate surface area is 231 Å². The van der Waals surface area contributed by atoms with Gasteiger partial charge in [0.15, 0.2) is 11.8 Å². The average molecular weight is 587 g/mol. The molecule has 6 N–H and O–H groups in total. The summed E-state index contributed by atoms with van der Waals surface area (Å²) in [5.74, 6) is -1.14. The van der Waals surface area contributed by atoms with Crippen LogP contribution in [0.25, 0.3) is 0 Å². The third-order valence-corrected chi connectivity index (χ3v) is 7.89. The molecule has 0 bridgehead atoms. The highest BCUT2D eigenvalue weighted by Crippen LogP contribution is 2.49. The van der Waals surface area contributed by atoms with E-state index in [0.717, 1.165) is 11.6 Å². The highest BCUT2D eigenvalue weighted by molar-refractivity contribution is 7.52. The number of ether oxygens (including phenoxy) is 2. The molecule has 1 saturated heterocycles. The van der Waals surface area contributed by atoms with Gasteiger partial charge in [-0.15, -0.1) is 0 Å². The normalized spacial score (nSPS) is 28.8. The van der Waals surface area contributed by atoms with Gasteiger partial charge < -0.3 is 40.2 Å². The van der Waals surface area contributed by atoms with Crippen molar-refractivity contribution in [3.8, 4) is 5.75 Å². The first-order chi connectivity index (χ1) is 18.7. The van der Waals surface area contributed by atoms with E-state index in [0.29, 0.717) is 0 Å². The van der Waals surface area contributed by atoms with Crippen LogP contribution in [0.15, 0.2) is 48.9 Å². The van der Waals surface area contributed by atoms with Gasteiger partial charge >= 0.3 is 13.7 Å². The molecule has 0 aliphatic carbocycles. The lowest BCUT2D eigenvalue weighted by molar-refractivity contribution is -0.149. The number of carbonyl (C=O) groups is 2. The van der Waals surface area contributed by atoms with E-state index in [4.69, 9.17) is 24.3 Å². The Morgan fingerprint density at radius 2 is 2.00 bits per heavy atom. The Morgan fingerprint density at radius 3 is 2.55 bits per heavy atom. The van der Waals surface area contributed by atoms with Crippen molar-refractivity contribution < 1.29 is 47.3 Å². The molecule has 2 aliphatic heterocycles. The lowest BCUT2D eigenvalue weighted by Crippen LogP contribution is -2.55. The SMILES string of the molecule is C=C1NC(=O)C=CN1[C@@H]1O[C@](CF)(COP(=O)(NC(C)C(=O)OC(C)C)Oc2ccc(CN)cc2)[C@@H](O)[C@@]1(C)O. The lowest BCUT2D eigenvalue weighted by Gasteiger charge is -2.37. The van der Waals surface area contributed by atoms with E-state index in [1.165, 1.54) is 37.1 Å². The van der Waals surface area contributed by atoms with Crippen LogP contribution >= 0.6 is 7.75 Å². The van der Waals surface area contributed by atoms with Crippen LogP contribution in [0.3, 0.4) is 0 Å². The Morgan fingerprint density at radius 1 is 1.35 bits per heavy atom. The second-order valence-corrected chi connectivity index (χ2v) is 11.7. The zero-order valence-electron chi connectivity index (χ0n) is 22.7. The quantitative estimate of drug-likeness (QED) is 0.174. The first-order valence-corrected chi connectivity index (χ1v) is 14.0. The maximum Gasteiger partial charge on any atom is 0.459 e.